The molecule has 7 heteroatoms. The van der Waals surface area contributed by atoms with Crippen molar-refractivity contribution in [1.82, 2.24) is 14.5 Å². The number of benzene rings is 1. The summed E-state index contributed by atoms with van der Waals surface area (Å²) in [5.74, 6) is -0.608. The number of rotatable bonds is 2. The van der Waals surface area contributed by atoms with E-state index in [9.17, 15) is 4.79 Å². The molecule has 0 aliphatic heterocycles. The number of nitriles is 1. The van der Waals surface area contributed by atoms with Crippen LogP contribution in [0.3, 0.4) is 0 Å². The van der Waals surface area contributed by atoms with Crippen molar-refractivity contribution in [3.05, 3.63) is 48.2 Å². The van der Waals surface area contributed by atoms with Crippen molar-refractivity contribution in [3.63, 3.8) is 0 Å². The number of anilines is 1. The molecule has 3 aromatic rings. The van der Waals surface area contributed by atoms with Gasteiger partial charge in [-0.15, -0.1) is 0 Å². The van der Waals surface area contributed by atoms with Crippen LogP contribution in [0.15, 0.2) is 36.9 Å². The molecule has 108 valence electrons. The summed E-state index contributed by atoms with van der Waals surface area (Å²) in [6, 6.07) is 7.35. The molecule has 0 bridgehead atoms. The van der Waals surface area contributed by atoms with E-state index in [0.717, 1.165) is 10.9 Å². The highest BCUT2D eigenvalue weighted by Crippen LogP contribution is 2.26. The summed E-state index contributed by atoms with van der Waals surface area (Å²) in [4.78, 5) is 20.1. The number of nitrogen functional groups attached to an aromatic ring is 1. The summed E-state index contributed by atoms with van der Waals surface area (Å²) in [7, 11) is 1.26. The molecule has 1 aromatic carbocycles. The van der Waals surface area contributed by atoms with Crippen molar-refractivity contribution in [1.29, 1.82) is 5.26 Å². The van der Waals surface area contributed by atoms with E-state index in [4.69, 9.17) is 15.7 Å². The summed E-state index contributed by atoms with van der Waals surface area (Å²) in [5.41, 5.74) is 7.74. The molecular weight excluding hydrogens is 282 g/mol. The molecule has 2 N–H and O–H groups in total. The van der Waals surface area contributed by atoms with Gasteiger partial charge in [-0.2, -0.15) is 5.26 Å². The molecule has 0 fully saturated rings. The van der Waals surface area contributed by atoms with E-state index >= 15 is 0 Å². The number of carbonyl (C=O) groups is 1. The fourth-order valence-corrected chi connectivity index (χ4v) is 2.24. The molecule has 0 aliphatic rings. The van der Waals surface area contributed by atoms with Crippen LogP contribution in [0, 0.1) is 11.3 Å². The number of methoxy groups -OCH3 is 1. The Hall–Kier alpha value is -3.40. The Bertz CT molecular complexity index is 923. The van der Waals surface area contributed by atoms with E-state index in [1.165, 1.54) is 24.2 Å². The van der Waals surface area contributed by atoms with Gasteiger partial charge in [0.25, 0.3) is 0 Å². The van der Waals surface area contributed by atoms with Crippen LogP contribution < -0.4 is 5.73 Å². The largest absolute Gasteiger partial charge is 0.464 e. The average Bonchev–Trinajstić information content (AvgIpc) is 2.90. The average molecular weight is 293 g/mol. The van der Waals surface area contributed by atoms with Crippen molar-refractivity contribution in [3.8, 4) is 11.8 Å². The van der Waals surface area contributed by atoms with Gasteiger partial charge in [-0.25, -0.2) is 14.8 Å². The van der Waals surface area contributed by atoms with Gasteiger partial charge in [-0.05, 0) is 18.2 Å². The van der Waals surface area contributed by atoms with Gasteiger partial charge in [0.05, 0.1) is 23.9 Å². The fourth-order valence-electron chi connectivity index (χ4n) is 2.24. The van der Waals surface area contributed by atoms with E-state index < -0.39 is 5.97 Å². The highest BCUT2D eigenvalue weighted by atomic mass is 16.5. The van der Waals surface area contributed by atoms with Gasteiger partial charge < -0.3 is 15.0 Å². The van der Waals surface area contributed by atoms with E-state index in [-0.39, 0.29) is 16.9 Å². The molecule has 0 amide bonds. The Labute approximate surface area is 125 Å². The molecule has 0 atom stereocenters. The molecule has 22 heavy (non-hydrogen) atoms. The Morgan fingerprint density at radius 1 is 1.45 bits per heavy atom. The van der Waals surface area contributed by atoms with Gasteiger partial charge in [0.15, 0.2) is 5.69 Å². The SMILES string of the molecule is COC(=O)c1c(N)c(C#N)cn1-c1ccc2ncncc2c1. The Morgan fingerprint density at radius 3 is 3.00 bits per heavy atom. The lowest BCUT2D eigenvalue weighted by atomic mass is 10.2. The summed E-state index contributed by atoms with van der Waals surface area (Å²) in [6.07, 6.45) is 4.64. The number of hydrogen-bond acceptors (Lipinski definition) is 6. The monoisotopic (exact) mass is 293 g/mol. The van der Waals surface area contributed by atoms with Gasteiger partial charge in [-0.1, -0.05) is 0 Å². The van der Waals surface area contributed by atoms with Crippen LogP contribution in [0.2, 0.25) is 0 Å². The van der Waals surface area contributed by atoms with Crippen molar-refractivity contribution in [2.24, 2.45) is 0 Å². The third kappa shape index (κ3) is 2.03. The highest BCUT2D eigenvalue weighted by molar-refractivity contribution is 5.96. The second kappa shape index (κ2) is 5.18. The predicted octanol–water partition coefficient (Wildman–Crippen LogP) is 1.66. The minimum absolute atomic E-state index is 0.0961. The molecule has 0 saturated heterocycles. The fraction of sp³-hybridized carbons (Fsp3) is 0.0667. The molecule has 0 aliphatic carbocycles. The minimum Gasteiger partial charge on any atom is -0.464 e. The minimum atomic E-state index is -0.608. The molecule has 0 radical (unpaired) electrons. The molecule has 7 nitrogen and oxygen atoms in total. The first kappa shape index (κ1) is 13.6. The maximum atomic E-state index is 12.0. The summed E-state index contributed by atoms with van der Waals surface area (Å²) in [5, 5.41) is 9.92. The number of ether oxygens (including phenoxy) is 1. The molecule has 0 spiro atoms. The standard InChI is InChI=1S/C15H11N5O2/c1-22-15(21)14-13(17)10(5-16)7-20(14)11-2-3-12-9(4-11)6-18-8-19-12/h2-4,6-8H,17H2,1H3. The number of nitrogens with zero attached hydrogens (tertiary/aromatic N) is 4. The summed E-state index contributed by atoms with van der Waals surface area (Å²) < 4.78 is 6.28. The second-order valence-electron chi connectivity index (χ2n) is 4.54. The maximum Gasteiger partial charge on any atom is 0.357 e. The first-order chi connectivity index (χ1) is 10.7. The van der Waals surface area contributed by atoms with Gasteiger partial charge in [0.1, 0.15) is 12.4 Å². The Morgan fingerprint density at radius 2 is 2.27 bits per heavy atom. The van der Waals surface area contributed by atoms with Gasteiger partial charge in [-0.3, -0.25) is 0 Å². The summed E-state index contributed by atoms with van der Waals surface area (Å²) in [6.45, 7) is 0. The quantitative estimate of drug-likeness (QED) is 0.720. The van der Waals surface area contributed by atoms with Crippen molar-refractivity contribution >= 4 is 22.6 Å². The lowest BCUT2D eigenvalue weighted by Gasteiger charge is -2.09. The number of fused-ring (bicyclic) bond motifs is 1. The maximum absolute atomic E-state index is 12.0. The van der Waals surface area contributed by atoms with Crippen LogP contribution in [0.5, 0.6) is 0 Å². The zero-order valence-corrected chi connectivity index (χ0v) is 11.6. The molecular formula is C15H11N5O2. The molecule has 0 saturated carbocycles. The summed E-state index contributed by atoms with van der Waals surface area (Å²) >= 11 is 0. The normalized spacial score (nSPS) is 10.4. The number of hydrogen-bond donors (Lipinski definition) is 1. The van der Waals surface area contributed by atoms with E-state index in [1.54, 1.807) is 18.3 Å². The van der Waals surface area contributed by atoms with Crippen LogP contribution in [-0.2, 0) is 4.74 Å². The zero-order valence-electron chi connectivity index (χ0n) is 11.6. The molecule has 2 heterocycles. The van der Waals surface area contributed by atoms with Gasteiger partial charge in [0.2, 0.25) is 0 Å². The highest BCUT2D eigenvalue weighted by Gasteiger charge is 2.21. The third-order valence-electron chi connectivity index (χ3n) is 3.31. The van der Waals surface area contributed by atoms with Crippen molar-refractivity contribution in [2.45, 2.75) is 0 Å². The van der Waals surface area contributed by atoms with Crippen LogP contribution in [0.4, 0.5) is 5.69 Å². The lowest BCUT2D eigenvalue weighted by molar-refractivity contribution is 0.0593. The first-order valence-electron chi connectivity index (χ1n) is 6.35. The molecule has 0 unspecified atom stereocenters. The second-order valence-corrected chi connectivity index (χ2v) is 4.54. The van der Waals surface area contributed by atoms with E-state index in [0.29, 0.717) is 5.69 Å². The zero-order chi connectivity index (χ0) is 15.7. The van der Waals surface area contributed by atoms with Gasteiger partial charge >= 0.3 is 5.97 Å². The number of esters is 1. The lowest BCUT2D eigenvalue weighted by Crippen LogP contribution is -2.11. The molecule has 3 rings (SSSR count). The Balaban J connectivity index is 2.25. The van der Waals surface area contributed by atoms with E-state index in [1.807, 2.05) is 12.1 Å². The van der Waals surface area contributed by atoms with E-state index in [2.05, 4.69) is 9.97 Å². The van der Waals surface area contributed by atoms with Crippen molar-refractivity contribution in [2.75, 3.05) is 12.8 Å². The molecule has 2 aromatic heterocycles. The van der Waals surface area contributed by atoms with Gasteiger partial charge in [0, 0.05) is 23.5 Å². The third-order valence-corrected chi connectivity index (χ3v) is 3.31. The van der Waals surface area contributed by atoms with Crippen LogP contribution >= 0.6 is 0 Å². The van der Waals surface area contributed by atoms with Crippen LogP contribution in [-0.4, -0.2) is 27.6 Å². The Kier molecular flexibility index (Phi) is 3.20. The topological polar surface area (TPSA) is 107 Å². The van der Waals surface area contributed by atoms with Crippen molar-refractivity contribution < 1.29 is 9.53 Å². The van der Waals surface area contributed by atoms with Crippen LogP contribution in [0.25, 0.3) is 16.6 Å². The predicted molar refractivity (Wildman–Crippen MR) is 79.3 cm³/mol. The smallest absolute Gasteiger partial charge is 0.357 e. The first-order valence-corrected chi connectivity index (χ1v) is 6.35. The number of nitrogens with two attached hydrogens (primary N) is 1. The van der Waals surface area contributed by atoms with Crippen LogP contribution in [0.1, 0.15) is 16.1 Å². The number of carbonyl (C=O) groups excluding carboxylic acids is 1. The number of aromatic nitrogens is 3.